The van der Waals surface area contributed by atoms with E-state index >= 15 is 0 Å². The van der Waals surface area contributed by atoms with E-state index < -0.39 is 23.0 Å². The maximum atomic E-state index is 14.0. The van der Waals surface area contributed by atoms with E-state index in [0.717, 1.165) is 27.6 Å². The van der Waals surface area contributed by atoms with Gasteiger partial charge in [0.1, 0.15) is 11.8 Å². The SMILES string of the molecule is O=C(Cn1c2c(sc1=O)[C@H](c1cccc(Cl)c1Cl)C1C(=O)N(c3ccc(Br)cc3)C(=O)C1S2)Nc1ccccc1. The molecular formula is C28H18BrCl2N3O4S2. The van der Waals surface area contributed by atoms with E-state index in [9.17, 15) is 19.2 Å². The summed E-state index contributed by atoms with van der Waals surface area (Å²) in [5.41, 5.74) is 1.60. The van der Waals surface area contributed by atoms with Crippen molar-refractivity contribution in [3.63, 3.8) is 0 Å². The maximum absolute atomic E-state index is 14.0. The Bertz CT molecular complexity index is 1730. The standard InChI is InChI=1S/C28H18BrCl2N3O4S2/c29-14-9-11-16(12-10-14)34-25(36)21-20(17-7-4-8-18(30)22(17)31)24-27(39-23(21)26(34)37)33(28(38)40-24)13-19(35)32-15-5-2-1-3-6-15/h1-12,20-21,23H,13H2,(H,32,35)/t20-,21?,23?/m1/s1. The summed E-state index contributed by atoms with van der Waals surface area (Å²) in [6.45, 7) is -0.251. The predicted octanol–water partition coefficient (Wildman–Crippen LogP) is 6.41. The minimum atomic E-state index is -0.832. The van der Waals surface area contributed by atoms with Gasteiger partial charge >= 0.3 is 4.87 Å². The van der Waals surface area contributed by atoms with Crippen molar-refractivity contribution >= 4 is 91.3 Å². The van der Waals surface area contributed by atoms with Crippen molar-refractivity contribution in [2.75, 3.05) is 10.2 Å². The lowest BCUT2D eigenvalue weighted by atomic mass is 9.83. The molecule has 0 saturated carbocycles. The quantitative estimate of drug-likeness (QED) is 0.247. The third-order valence-corrected chi connectivity index (χ3v) is 10.8. The van der Waals surface area contributed by atoms with Gasteiger partial charge in [-0.25, -0.2) is 4.90 Å². The van der Waals surface area contributed by atoms with Crippen molar-refractivity contribution < 1.29 is 14.4 Å². The number of imide groups is 1. The number of nitrogens with one attached hydrogen (secondary N) is 1. The highest BCUT2D eigenvalue weighted by Crippen LogP contribution is 2.55. The summed E-state index contributed by atoms with van der Waals surface area (Å²) in [6, 6.07) is 21.0. The molecule has 202 valence electrons. The van der Waals surface area contributed by atoms with Gasteiger partial charge in [0.15, 0.2) is 0 Å². The van der Waals surface area contributed by atoms with Crippen LogP contribution in [0.25, 0.3) is 0 Å². The second kappa shape index (κ2) is 10.8. The van der Waals surface area contributed by atoms with Crippen molar-refractivity contribution in [3.8, 4) is 0 Å². The minimum Gasteiger partial charge on any atom is -0.325 e. The number of halogens is 3. The van der Waals surface area contributed by atoms with E-state index in [0.29, 0.717) is 31.9 Å². The summed E-state index contributed by atoms with van der Waals surface area (Å²) in [5.74, 6) is -2.70. The van der Waals surface area contributed by atoms with Crippen molar-refractivity contribution in [2.24, 2.45) is 5.92 Å². The molecule has 3 amide bonds. The van der Waals surface area contributed by atoms with Crippen molar-refractivity contribution in [2.45, 2.75) is 22.7 Å². The Morgan fingerprint density at radius 3 is 2.38 bits per heavy atom. The van der Waals surface area contributed by atoms with Gasteiger partial charge in [-0.15, -0.1) is 0 Å². The van der Waals surface area contributed by atoms with Crippen molar-refractivity contribution in [1.82, 2.24) is 4.57 Å². The van der Waals surface area contributed by atoms with Crippen LogP contribution in [0.3, 0.4) is 0 Å². The second-order valence-corrected chi connectivity index (χ2v) is 13.0. The number of hydrogen-bond acceptors (Lipinski definition) is 6. The Labute approximate surface area is 255 Å². The summed E-state index contributed by atoms with van der Waals surface area (Å²) in [6.07, 6.45) is 0. The zero-order chi connectivity index (χ0) is 28.1. The first-order valence-electron chi connectivity index (χ1n) is 12.1. The number of carbonyl (C=O) groups is 3. The third kappa shape index (κ3) is 4.71. The van der Waals surface area contributed by atoms with Crippen LogP contribution in [0.15, 0.2) is 87.1 Å². The highest BCUT2D eigenvalue weighted by Gasteiger charge is 2.57. The summed E-state index contributed by atoms with van der Waals surface area (Å²) in [7, 11) is 0. The molecule has 1 fully saturated rings. The summed E-state index contributed by atoms with van der Waals surface area (Å²) in [4.78, 5) is 55.4. The Kier molecular flexibility index (Phi) is 7.39. The Morgan fingerprint density at radius 1 is 0.925 bits per heavy atom. The number of anilines is 2. The third-order valence-electron chi connectivity index (χ3n) is 6.81. The first-order valence-corrected chi connectivity index (χ1v) is 15.3. The number of fused-ring (bicyclic) bond motifs is 2. The van der Waals surface area contributed by atoms with Crippen LogP contribution in [0.2, 0.25) is 10.0 Å². The molecular weight excluding hydrogens is 657 g/mol. The van der Waals surface area contributed by atoms with Gasteiger partial charge in [0.25, 0.3) is 0 Å². The maximum Gasteiger partial charge on any atom is 0.308 e. The lowest BCUT2D eigenvalue weighted by Crippen LogP contribution is -2.33. The van der Waals surface area contributed by atoms with E-state index in [2.05, 4.69) is 21.2 Å². The van der Waals surface area contributed by atoms with Gasteiger partial charge in [-0.1, -0.05) is 92.6 Å². The van der Waals surface area contributed by atoms with E-state index in [1.807, 2.05) is 6.07 Å². The lowest BCUT2D eigenvalue weighted by Gasteiger charge is -2.31. The topological polar surface area (TPSA) is 88.5 Å². The number of hydrogen-bond donors (Lipinski definition) is 1. The van der Waals surface area contributed by atoms with E-state index in [1.165, 1.54) is 9.47 Å². The van der Waals surface area contributed by atoms with Gasteiger partial charge in [0, 0.05) is 21.0 Å². The molecule has 1 N–H and O–H groups in total. The minimum absolute atomic E-state index is 0.251. The molecule has 2 aliphatic heterocycles. The van der Waals surface area contributed by atoms with Crippen LogP contribution in [0.1, 0.15) is 16.4 Å². The zero-order valence-corrected chi connectivity index (χ0v) is 25.1. The first-order chi connectivity index (χ1) is 19.2. The number of rotatable bonds is 5. The molecule has 0 spiro atoms. The number of benzene rings is 3. The molecule has 2 aliphatic rings. The highest BCUT2D eigenvalue weighted by molar-refractivity contribution is 9.10. The van der Waals surface area contributed by atoms with Crippen LogP contribution in [0.4, 0.5) is 11.4 Å². The van der Waals surface area contributed by atoms with Crippen molar-refractivity contribution in [3.05, 3.63) is 107 Å². The van der Waals surface area contributed by atoms with Gasteiger partial charge in [-0.3, -0.25) is 23.7 Å². The van der Waals surface area contributed by atoms with E-state index in [4.69, 9.17) is 23.2 Å². The smallest absolute Gasteiger partial charge is 0.308 e. The number of carbonyl (C=O) groups excluding carboxylic acids is 3. The zero-order valence-electron chi connectivity index (χ0n) is 20.3. The fourth-order valence-corrected chi connectivity index (χ4v) is 8.52. The molecule has 2 unspecified atom stereocenters. The molecule has 0 bridgehead atoms. The fourth-order valence-electron chi connectivity index (χ4n) is 5.06. The van der Waals surface area contributed by atoms with Crippen LogP contribution in [0.5, 0.6) is 0 Å². The number of thioether (sulfide) groups is 1. The average Bonchev–Trinajstić information content (AvgIpc) is 3.38. The van der Waals surface area contributed by atoms with Gasteiger partial charge in [0.2, 0.25) is 17.7 Å². The molecule has 7 nitrogen and oxygen atoms in total. The molecule has 0 aliphatic carbocycles. The summed E-state index contributed by atoms with van der Waals surface area (Å²) in [5, 5.41) is 2.98. The van der Waals surface area contributed by atoms with Gasteiger partial charge in [-0.05, 0) is 48.0 Å². The van der Waals surface area contributed by atoms with Gasteiger partial charge in [0.05, 0.1) is 26.7 Å². The average molecular weight is 675 g/mol. The number of para-hydroxylation sites is 1. The molecule has 1 aromatic heterocycles. The molecule has 3 atom stereocenters. The summed E-state index contributed by atoms with van der Waals surface area (Å²) < 4.78 is 2.18. The molecule has 40 heavy (non-hydrogen) atoms. The molecule has 6 rings (SSSR count). The van der Waals surface area contributed by atoms with E-state index in [-0.39, 0.29) is 28.3 Å². The van der Waals surface area contributed by atoms with Crippen LogP contribution in [0, 0.1) is 5.92 Å². The second-order valence-electron chi connectivity index (χ2n) is 9.21. The molecule has 3 heterocycles. The van der Waals surface area contributed by atoms with Crippen LogP contribution in [-0.2, 0) is 20.9 Å². The number of thiazole rings is 1. The Balaban J connectivity index is 1.45. The van der Waals surface area contributed by atoms with Crippen LogP contribution >= 0.6 is 62.2 Å². The van der Waals surface area contributed by atoms with Crippen LogP contribution in [-0.4, -0.2) is 27.5 Å². The van der Waals surface area contributed by atoms with Gasteiger partial charge < -0.3 is 5.32 Å². The van der Waals surface area contributed by atoms with Crippen molar-refractivity contribution in [1.29, 1.82) is 0 Å². The highest BCUT2D eigenvalue weighted by atomic mass is 79.9. The predicted molar refractivity (Wildman–Crippen MR) is 162 cm³/mol. The van der Waals surface area contributed by atoms with Gasteiger partial charge in [-0.2, -0.15) is 0 Å². The normalized spacial score (nSPS) is 19.9. The number of amides is 3. The lowest BCUT2D eigenvalue weighted by molar-refractivity contribution is -0.122. The number of aromatic nitrogens is 1. The molecule has 4 aromatic rings. The molecule has 12 heteroatoms. The Hall–Kier alpha value is -2.89. The summed E-state index contributed by atoms with van der Waals surface area (Å²) >= 11 is 18.5. The number of nitrogens with zero attached hydrogens (tertiary/aromatic N) is 2. The van der Waals surface area contributed by atoms with Crippen LogP contribution < -0.4 is 15.1 Å². The fraction of sp³-hybridized carbons (Fsp3) is 0.143. The molecule has 1 saturated heterocycles. The molecule has 3 aromatic carbocycles. The Morgan fingerprint density at radius 2 is 1.65 bits per heavy atom. The van der Waals surface area contributed by atoms with E-state index in [1.54, 1.807) is 66.7 Å². The monoisotopic (exact) mass is 673 g/mol. The largest absolute Gasteiger partial charge is 0.325 e. The first kappa shape index (κ1) is 27.3. The molecule has 0 radical (unpaired) electrons.